The first-order chi connectivity index (χ1) is 13.2. The summed E-state index contributed by atoms with van der Waals surface area (Å²) in [5.74, 6) is 0.378. The molecule has 1 amide bonds. The van der Waals surface area contributed by atoms with Crippen molar-refractivity contribution in [2.24, 2.45) is 0 Å². The van der Waals surface area contributed by atoms with Gasteiger partial charge in [-0.1, -0.05) is 35.9 Å². The predicted molar refractivity (Wildman–Crippen MR) is 108 cm³/mol. The number of thiophene rings is 1. The van der Waals surface area contributed by atoms with Crippen LogP contribution in [0.1, 0.15) is 20.9 Å². The number of carbonyl (C=O) groups excluding carboxylic acids is 1. The van der Waals surface area contributed by atoms with E-state index in [0.29, 0.717) is 17.2 Å². The molecule has 3 heterocycles. The summed E-state index contributed by atoms with van der Waals surface area (Å²) < 4.78 is 1.76. The highest BCUT2D eigenvalue weighted by Gasteiger charge is 2.16. The largest absolute Gasteiger partial charge is 0.304 e. The molecule has 1 aromatic carbocycles. The molecule has 0 aliphatic heterocycles. The Balaban J connectivity index is 1.49. The first-order valence-corrected chi connectivity index (χ1v) is 9.46. The molecule has 27 heavy (non-hydrogen) atoms. The summed E-state index contributed by atoms with van der Waals surface area (Å²) in [5.41, 5.74) is 4.08. The van der Waals surface area contributed by atoms with Crippen LogP contribution in [0.5, 0.6) is 0 Å². The predicted octanol–water partition coefficient (Wildman–Crippen LogP) is 4.62. The Labute approximate surface area is 161 Å². The van der Waals surface area contributed by atoms with E-state index in [1.165, 1.54) is 16.9 Å². The fourth-order valence-corrected chi connectivity index (χ4v) is 3.60. The highest BCUT2D eigenvalue weighted by molar-refractivity contribution is 7.12. The van der Waals surface area contributed by atoms with E-state index in [-0.39, 0.29) is 5.91 Å². The number of anilines is 1. The van der Waals surface area contributed by atoms with Crippen LogP contribution in [-0.2, 0) is 6.54 Å². The normalized spacial score (nSPS) is 10.7. The first-order valence-electron chi connectivity index (χ1n) is 8.58. The number of hydrogen-bond donors (Lipinski definition) is 1. The van der Waals surface area contributed by atoms with Crippen LogP contribution in [0.15, 0.2) is 72.4 Å². The SMILES string of the molecule is Cc1ccc(-c2ccsc2C(=O)Nc2ccn(Cc3ccccn3)n2)cc1. The van der Waals surface area contributed by atoms with Gasteiger partial charge in [-0.05, 0) is 36.1 Å². The van der Waals surface area contributed by atoms with Crippen LogP contribution in [-0.4, -0.2) is 20.7 Å². The molecule has 0 aliphatic carbocycles. The first kappa shape index (κ1) is 17.2. The quantitative estimate of drug-likeness (QED) is 0.555. The fraction of sp³-hybridized carbons (Fsp3) is 0.0952. The average molecular weight is 374 g/mol. The molecule has 0 unspecified atom stereocenters. The molecule has 3 aromatic heterocycles. The van der Waals surface area contributed by atoms with Gasteiger partial charge < -0.3 is 5.32 Å². The van der Waals surface area contributed by atoms with Crippen LogP contribution in [0, 0.1) is 6.92 Å². The fourth-order valence-electron chi connectivity index (χ4n) is 2.79. The second-order valence-electron chi connectivity index (χ2n) is 6.20. The van der Waals surface area contributed by atoms with Crippen LogP contribution < -0.4 is 5.32 Å². The minimum Gasteiger partial charge on any atom is -0.304 e. The molecule has 0 spiro atoms. The van der Waals surface area contributed by atoms with Crippen molar-refractivity contribution in [3.63, 3.8) is 0 Å². The molecular formula is C21H18N4OS. The number of carbonyl (C=O) groups is 1. The number of amides is 1. The summed E-state index contributed by atoms with van der Waals surface area (Å²) >= 11 is 1.43. The lowest BCUT2D eigenvalue weighted by atomic mass is 10.0. The lowest BCUT2D eigenvalue weighted by Crippen LogP contribution is -2.12. The second-order valence-corrected chi connectivity index (χ2v) is 7.12. The van der Waals surface area contributed by atoms with Gasteiger partial charge in [-0.3, -0.25) is 14.5 Å². The summed E-state index contributed by atoms with van der Waals surface area (Å²) in [7, 11) is 0. The molecule has 0 aliphatic rings. The smallest absolute Gasteiger partial charge is 0.267 e. The van der Waals surface area contributed by atoms with Crippen LogP contribution in [0.3, 0.4) is 0 Å². The lowest BCUT2D eigenvalue weighted by molar-refractivity contribution is 0.103. The molecule has 0 bridgehead atoms. The minimum atomic E-state index is -0.149. The van der Waals surface area contributed by atoms with Crippen molar-refractivity contribution in [1.29, 1.82) is 0 Å². The Bertz CT molecular complexity index is 1050. The van der Waals surface area contributed by atoms with Gasteiger partial charge in [0, 0.05) is 24.0 Å². The maximum absolute atomic E-state index is 12.7. The van der Waals surface area contributed by atoms with Gasteiger partial charge in [0.1, 0.15) is 4.88 Å². The third-order valence-electron chi connectivity index (χ3n) is 4.17. The van der Waals surface area contributed by atoms with E-state index >= 15 is 0 Å². The Hall–Kier alpha value is -3.25. The third-order valence-corrected chi connectivity index (χ3v) is 5.08. The number of pyridine rings is 1. The van der Waals surface area contributed by atoms with Crippen molar-refractivity contribution < 1.29 is 4.79 Å². The van der Waals surface area contributed by atoms with Crippen LogP contribution in [0.4, 0.5) is 5.82 Å². The molecule has 1 N–H and O–H groups in total. The second kappa shape index (κ2) is 7.55. The van der Waals surface area contributed by atoms with Gasteiger partial charge in [0.25, 0.3) is 5.91 Å². The van der Waals surface area contributed by atoms with E-state index < -0.39 is 0 Å². The zero-order valence-electron chi connectivity index (χ0n) is 14.8. The van der Waals surface area contributed by atoms with Gasteiger partial charge in [-0.25, -0.2) is 0 Å². The molecule has 6 heteroatoms. The van der Waals surface area contributed by atoms with E-state index in [2.05, 4.69) is 15.4 Å². The zero-order chi connectivity index (χ0) is 18.6. The molecule has 134 valence electrons. The van der Waals surface area contributed by atoms with Crippen molar-refractivity contribution in [3.05, 3.63) is 88.5 Å². The Morgan fingerprint density at radius 3 is 2.74 bits per heavy atom. The molecule has 4 aromatic rings. The van der Waals surface area contributed by atoms with E-state index in [4.69, 9.17) is 0 Å². The summed E-state index contributed by atoms with van der Waals surface area (Å²) in [5, 5.41) is 9.24. The van der Waals surface area contributed by atoms with Gasteiger partial charge in [0.2, 0.25) is 0 Å². The number of nitrogens with zero attached hydrogens (tertiary/aromatic N) is 3. The summed E-state index contributed by atoms with van der Waals surface area (Å²) in [6.45, 7) is 2.61. The van der Waals surface area contributed by atoms with Gasteiger partial charge >= 0.3 is 0 Å². The summed E-state index contributed by atoms with van der Waals surface area (Å²) in [6.07, 6.45) is 3.59. The maximum atomic E-state index is 12.7. The Kier molecular flexibility index (Phi) is 4.80. The van der Waals surface area contributed by atoms with Crippen molar-refractivity contribution in [2.75, 3.05) is 5.32 Å². The van der Waals surface area contributed by atoms with Crippen LogP contribution in [0.25, 0.3) is 11.1 Å². The molecule has 0 atom stereocenters. The number of nitrogens with one attached hydrogen (secondary N) is 1. The third kappa shape index (κ3) is 3.96. The van der Waals surface area contributed by atoms with Crippen molar-refractivity contribution in [3.8, 4) is 11.1 Å². The highest BCUT2D eigenvalue weighted by Crippen LogP contribution is 2.29. The molecule has 4 rings (SSSR count). The average Bonchev–Trinajstić information content (AvgIpc) is 3.33. The standard InChI is InChI=1S/C21H18N4OS/c1-15-5-7-16(8-6-15)18-10-13-27-20(18)21(26)23-19-9-12-25(24-19)14-17-4-2-3-11-22-17/h2-13H,14H2,1H3,(H,23,24,26). The monoisotopic (exact) mass is 374 g/mol. The van der Waals surface area contributed by atoms with E-state index in [9.17, 15) is 4.79 Å². The van der Waals surface area contributed by atoms with Crippen molar-refractivity contribution in [2.45, 2.75) is 13.5 Å². The van der Waals surface area contributed by atoms with E-state index in [0.717, 1.165) is 16.8 Å². The molecule has 0 fully saturated rings. The molecule has 0 radical (unpaired) electrons. The number of rotatable bonds is 5. The van der Waals surface area contributed by atoms with Crippen molar-refractivity contribution in [1.82, 2.24) is 14.8 Å². The Morgan fingerprint density at radius 1 is 1.11 bits per heavy atom. The summed E-state index contributed by atoms with van der Waals surface area (Å²) in [6, 6.07) is 17.7. The van der Waals surface area contributed by atoms with E-state index in [1.807, 2.05) is 67.0 Å². The lowest BCUT2D eigenvalue weighted by Gasteiger charge is -2.05. The number of benzene rings is 1. The van der Waals surface area contributed by atoms with Crippen LogP contribution in [0.2, 0.25) is 0 Å². The molecule has 5 nitrogen and oxygen atoms in total. The molecular weight excluding hydrogens is 356 g/mol. The van der Waals surface area contributed by atoms with Gasteiger partial charge in [-0.2, -0.15) is 5.10 Å². The molecule has 0 saturated carbocycles. The highest BCUT2D eigenvalue weighted by atomic mass is 32.1. The minimum absolute atomic E-state index is 0.149. The van der Waals surface area contributed by atoms with Gasteiger partial charge in [0.15, 0.2) is 5.82 Å². The zero-order valence-corrected chi connectivity index (χ0v) is 15.6. The number of hydrogen-bond acceptors (Lipinski definition) is 4. The number of aromatic nitrogens is 3. The number of aryl methyl sites for hydroxylation is 1. The van der Waals surface area contributed by atoms with Crippen LogP contribution >= 0.6 is 11.3 Å². The van der Waals surface area contributed by atoms with Gasteiger partial charge in [0.05, 0.1) is 12.2 Å². The summed E-state index contributed by atoms with van der Waals surface area (Å²) in [4.78, 5) is 17.7. The molecule has 0 saturated heterocycles. The Morgan fingerprint density at radius 2 is 1.96 bits per heavy atom. The van der Waals surface area contributed by atoms with E-state index in [1.54, 1.807) is 16.9 Å². The van der Waals surface area contributed by atoms with Gasteiger partial charge in [-0.15, -0.1) is 11.3 Å². The van der Waals surface area contributed by atoms with Crippen molar-refractivity contribution >= 4 is 23.1 Å². The topological polar surface area (TPSA) is 59.8 Å². The maximum Gasteiger partial charge on any atom is 0.267 e.